The number of benzene rings is 2. The van der Waals surface area contributed by atoms with Crippen molar-refractivity contribution in [1.82, 2.24) is 9.80 Å². The van der Waals surface area contributed by atoms with Crippen molar-refractivity contribution in [3.05, 3.63) is 108 Å². The summed E-state index contributed by atoms with van der Waals surface area (Å²) in [6, 6.07) is 24.4. The Bertz CT molecular complexity index is 1210. The number of rotatable bonds is 7. The third-order valence-corrected chi connectivity index (χ3v) is 7.40. The maximum absolute atomic E-state index is 12.9. The molecule has 0 saturated carbocycles. The molecule has 5 rings (SSSR count). The fourth-order valence-corrected chi connectivity index (χ4v) is 5.25. The first-order valence-corrected chi connectivity index (χ1v) is 12.8. The number of carbonyl (C=O) groups excluding carboxylic acids is 1. The van der Waals surface area contributed by atoms with Crippen molar-refractivity contribution >= 4 is 17.1 Å². The Balaban J connectivity index is 1.22. The van der Waals surface area contributed by atoms with Crippen LogP contribution in [0.3, 0.4) is 0 Å². The van der Waals surface area contributed by atoms with E-state index in [0.29, 0.717) is 45.4 Å². The number of furan rings is 1. The number of allylic oxidation sites excluding steroid dienone is 2. The number of piperidine rings is 1. The Morgan fingerprint density at radius 2 is 1.67 bits per heavy atom. The van der Waals surface area contributed by atoms with E-state index in [9.17, 15) is 9.90 Å². The zero-order valence-electron chi connectivity index (χ0n) is 20.8. The van der Waals surface area contributed by atoms with Gasteiger partial charge in [-0.05, 0) is 47.6 Å². The largest absolute Gasteiger partial charge is 0.464 e. The van der Waals surface area contributed by atoms with Gasteiger partial charge in [0.2, 0.25) is 5.91 Å². The zero-order chi connectivity index (χ0) is 25.0. The highest BCUT2D eigenvalue weighted by molar-refractivity contribution is 6.04. The van der Waals surface area contributed by atoms with Crippen LogP contribution in [0, 0.1) is 0 Å². The Morgan fingerprint density at radius 3 is 2.33 bits per heavy atom. The smallest absolute Gasteiger partial charge is 0.223 e. The maximum Gasteiger partial charge on any atom is 0.223 e. The fourth-order valence-electron chi connectivity index (χ4n) is 5.25. The van der Waals surface area contributed by atoms with Crippen molar-refractivity contribution in [3.8, 4) is 0 Å². The molecule has 2 aliphatic heterocycles. The van der Waals surface area contributed by atoms with Crippen molar-refractivity contribution in [1.29, 1.82) is 0 Å². The van der Waals surface area contributed by atoms with Crippen LogP contribution < -0.4 is 0 Å². The minimum Gasteiger partial charge on any atom is -0.464 e. The summed E-state index contributed by atoms with van der Waals surface area (Å²) in [6.45, 7) is 4.52. The van der Waals surface area contributed by atoms with E-state index < -0.39 is 5.60 Å². The van der Waals surface area contributed by atoms with Gasteiger partial charge >= 0.3 is 0 Å². The van der Waals surface area contributed by atoms with Crippen molar-refractivity contribution in [2.24, 2.45) is 0 Å². The first-order chi connectivity index (χ1) is 17.5. The van der Waals surface area contributed by atoms with Crippen LogP contribution in [-0.2, 0) is 4.79 Å². The van der Waals surface area contributed by atoms with Gasteiger partial charge in [-0.15, -0.1) is 0 Å². The molecule has 1 saturated heterocycles. The zero-order valence-corrected chi connectivity index (χ0v) is 20.8. The number of nitrogens with zero attached hydrogens (tertiary/aromatic N) is 2. The molecular weight excluding hydrogens is 448 g/mol. The summed E-state index contributed by atoms with van der Waals surface area (Å²) >= 11 is 0. The second-order valence-corrected chi connectivity index (χ2v) is 10.1. The van der Waals surface area contributed by atoms with Gasteiger partial charge in [0.1, 0.15) is 5.76 Å². The molecule has 1 N–H and O–H groups in total. The van der Waals surface area contributed by atoms with Crippen LogP contribution in [0.15, 0.2) is 95.8 Å². The average Bonchev–Trinajstić information content (AvgIpc) is 3.45. The summed E-state index contributed by atoms with van der Waals surface area (Å²) < 4.78 is 5.75. The molecule has 2 aliphatic rings. The third-order valence-electron chi connectivity index (χ3n) is 7.40. The molecule has 0 spiro atoms. The quantitative estimate of drug-likeness (QED) is 0.479. The van der Waals surface area contributed by atoms with E-state index in [4.69, 9.17) is 4.42 Å². The lowest BCUT2D eigenvalue weighted by Crippen LogP contribution is -2.51. The molecule has 5 nitrogen and oxygen atoms in total. The highest BCUT2D eigenvalue weighted by Crippen LogP contribution is 2.35. The lowest BCUT2D eigenvalue weighted by atomic mass is 9.89. The van der Waals surface area contributed by atoms with Crippen molar-refractivity contribution in [2.45, 2.75) is 37.7 Å². The van der Waals surface area contributed by atoms with Crippen LogP contribution in [0.4, 0.5) is 0 Å². The highest BCUT2D eigenvalue weighted by Gasteiger charge is 2.36. The molecule has 1 amide bonds. The number of likely N-dealkylation sites (tertiary alicyclic amines) is 1. The molecule has 0 radical (unpaired) electrons. The second kappa shape index (κ2) is 10.6. The van der Waals surface area contributed by atoms with E-state index in [1.54, 1.807) is 6.26 Å². The first-order valence-electron chi connectivity index (χ1n) is 12.8. The van der Waals surface area contributed by atoms with E-state index in [2.05, 4.69) is 48.4 Å². The monoisotopic (exact) mass is 482 g/mol. The summed E-state index contributed by atoms with van der Waals surface area (Å²) in [6.07, 6.45) is 7.66. The Labute approximate surface area is 213 Å². The van der Waals surface area contributed by atoms with E-state index >= 15 is 0 Å². The molecule has 0 bridgehead atoms. The van der Waals surface area contributed by atoms with Crippen LogP contribution in [0.5, 0.6) is 0 Å². The topological polar surface area (TPSA) is 56.9 Å². The van der Waals surface area contributed by atoms with Crippen LogP contribution in [0.1, 0.15) is 49.0 Å². The normalized spacial score (nSPS) is 18.4. The lowest BCUT2D eigenvalue weighted by molar-refractivity contribution is -0.136. The number of hydrogen-bond acceptors (Lipinski definition) is 4. The number of amides is 1. The van der Waals surface area contributed by atoms with Crippen LogP contribution in [0.2, 0.25) is 0 Å². The Morgan fingerprint density at radius 1 is 0.972 bits per heavy atom. The predicted octanol–water partition coefficient (Wildman–Crippen LogP) is 5.57. The molecule has 0 unspecified atom stereocenters. The van der Waals surface area contributed by atoms with Gasteiger partial charge in [0.25, 0.3) is 0 Å². The van der Waals surface area contributed by atoms with E-state index in [-0.39, 0.29) is 11.8 Å². The molecule has 3 heterocycles. The summed E-state index contributed by atoms with van der Waals surface area (Å²) in [5.74, 6) is 1.17. The van der Waals surface area contributed by atoms with E-state index in [1.807, 2.05) is 53.4 Å². The minimum atomic E-state index is -0.829. The molecular formula is C31H34N2O3. The second-order valence-electron chi connectivity index (χ2n) is 10.1. The summed E-state index contributed by atoms with van der Waals surface area (Å²) in [4.78, 5) is 17.0. The minimum absolute atomic E-state index is 0.168. The number of β-amino-alcohol motifs (C(OH)–C–C–N with tert-alkyl or cyclic N) is 1. The Hall–Kier alpha value is -3.57. The SMILES string of the molecule is C[C@H](CC(=O)N1CCC(O)(CN2C=C(c3ccco3)C(c3ccccc3)=CC2)CC1)c1ccccc1. The standard InChI is InChI=1S/C31H34N2O3/c1-24(25-9-4-2-5-10-25)21-30(34)33-18-15-31(35,16-19-33)23-32-17-14-27(26-11-6-3-7-12-26)28(22-32)29-13-8-20-36-29/h2-14,20,22,24,35H,15-19,21,23H2,1H3/t24-/m1/s1. The van der Waals surface area contributed by atoms with Crippen molar-refractivity contribution in [3.63, 3.8) is 0 Å². The van der Waals surface area contributed by atoms with Crippen molar-refractivity contribution < 1.29 is 14.3 Å². The summed E-state index contributed by atoms with van der Waals surface area (Å²) in [5, 5.41) is 11.4. The van der Waals surface area contributed by atoms with Gasteiger partial charge in [-0.3, -0.25) is 4.79 Å². The van der Waals surface area contributed by atoms with Gasteiger partial charge < -0.3 is 19.3 Å². The van der Waals surface area contributed by atoms with Gasteiger partial charge in [0, 0.05) is 44.4 Å². The number of carbonyl (C=O) groups is 1. The predicted molar refractivity (Wildman–Crippen MR) is 143 cm³/mol. The first kappa shape index (κ1) is 24.1. The molecule has 36 heavy (non-hydrogen) atoms. The molecule has 0 aliphatic carbocycles. The summed E-state index contributed by atoms with van der Waals surface area (Å²) in [7, 11) is 0. The molecule has 1 fully saturated rings. The molecule has 1 atom stereocenters. The average molecular weight is 483 g/mol. The van der Waals surface area contributed by atoms with Gasteiger partial charge in [0.15, 0.2) is 0 Å². The van der Waals surface area contributed by atoms with Crippen LogP contribution in [0.25, 0.3) is 11.1 Å². The lowest BCUT2D eigenvalue weighted by Gasteiger charge is -2.41. The Kier molecular flexibility index (Phi) is 7.10. The maximum atomic E-state index is 12.9. The molecule has 1 aromatic heterocycles. The van der Waals surface area contributed by atoms with Crippen molar-refractivity contribution in [2.75, 3.05) is 26.2 Å². The molecule has 186 valence electrons. The molecule has 5 heteroatoms. The summed E-state index contributed by atoms with van der Waals surface area (Å²) in [5.41, 5.74) is 3.66. The van der Waals surface area contributed by atoms with Crippen LogP contribution in [-0.4, -0.2) is 52.6 Å². The number of hydrogen-bond donors (Lipinski definition) is 1. The number of aliphatic hydroxyl groups is 1. The fraction of sp³-hybridized carbons (Fsp3) is 0.323. The molecule has 3 aromatic rings. The molecule has 2 aromatic carbocycles. The van der Waals surface area contributed by atoms with Gasteiger partial charge in [-0.25, -0.2) is 0 Å². The van der Waals surface area contributed by atoms with E-state index in [0.717, 1.165) is 22.5 Å². The third kappa shape index (κ3) is 5.47. The van der Waals surface area contributed by atoms with Gasteiger partial charge in [-0.2, -0.15) is 0 Å². The van der Waals surface area contributed by atoms with E-state index in [1.165, 1.54) is 5.56 Å². The van der Waals surface area contributed by atoms with Gasteiger partial charge in [0.05, 0.1) is 11.9 Å². The highest BCUT2D eigenvalue weighted by atomic mass is 16.3. The van der Waals surface area contributed by atoms with Gasteiger partial charge in [-0.1, -0.05) is 73.7 Å². The van der Waals surface area contributed by atoms with Crippen LogP contribution >= 0.6 is 0 Å².